The maximum Gasteiger partial charge on any atom is 0.340 e. The Bertz CT molecular complexity index is 1260. The van der Waals surface area contributed by atoms with Crippen LogP contribution in [0.4, 0.5) is 0 Å². The number of carbonyl (C=O) groups is 1. The molecule has 2 atom stereocenters. The first-order valence-electron chi connectivity index (χ1n) is 10.6. The van der Waals surface area contributed by atoms with Gasteiger partial charge < -0.3 is 5.11 Å². The van der Waals surface area contributed by atoms with Crippen molar-refractivity contribution in [2.24, 2.45) is 0 Å². The molecule has 4 rings (SSSR count). The van der Waals surface area contributed by atoms with Gasteiger partial charge in [0.25, 0.3) is 0 Å². The molecule has 1 heterocycles. The predicted molar refractivity (Wildman–Crippen MR) is 125 cm³/mol. The summed E-state index contributed by atoms with van der Waals surface area (Å²) in [5, 5.41) is 15.1. The quantitative estimate of drug-likeness (QED) is 0.544. The second kappa shape index (κ2) is 7.99. The lowest BCUT2D eigenvalue weighted by Gasteiger charge is -2.32. The third-order valence-electron chi connectivity index (χ3n) is 6.20. The van der Waals surface area contributed by atoms with Gasteiger partial charge in [0.15, 0.2) is 5.66 Å². The third-order valence-corrected chi connectivity index (χ3v) is 7.68. The smallest absolute Gasteiger partial charge is 0.340 e. The third kappa shape index (κ3) is 4.03. The average molecular weight is 453 g/mol. The van der Waals surface area contributed by atoms with Crippen molar-refractivity contribution in [3.63, 3.8) is 0 Å². The second-order valence-corrected chi connectivity index (χ2v) is 11.1. The molecule has 3 aromatic rings. The average Bonchev–Trinajstić information content (AvgIpc) is 3.17. The molecule has 1 fully saturated rings. The highest BCUT2D eigenvalue weighted by Crippen LogP contribution is 2.37. The number of hydrogen-bond donors (Lipinski definition) is 3. The summed E-state index contributed by atoms with van der Waals surface area (Å²) < 4.78 is 29.0. The standard InChI is InChI=1S/C25H28N2O4S/c1-24(2,3)20-10-12-21(13-11-20)32(30,31)27-25(23(28)29)22(14-15-26-25)19-9-8-17-6-4-5-7-18(17)16-19/h4-13,16,22,26-27H,14-15H2,1-3H3,(H,28,29)/t22?,25-/m1/s1. The summed E-state index contributed by atoms with van der Waals surface area (Å²) in [5.74, 6) is -1.81. The fourth-order valence-corrected chi connectivity index (χ4v) is 5.71. The van der Waals surface area contributed by atoms with E-state index in [9.17, 15) is 18.3 Å². The number of carboxylic acid groups (broad SMARTS) is 1. The molecule has 32 heavy (non-hydrogen) atoms. The van der Waals surface area contributed by atoms with Gasteiger partial charge in [0, 0.05) is 5.92 Å². The minimum atomic E-state index is -4.09. The van der Waals surface area contributed by atoms with Crippen molar-refractivity contribution in [1.82, 2.24) is 10.0 Å². The Labute approximate surface area is 188 Å². The predicted octanol–water partition coefficient (Wildman–Crippen LogP) is 3.97. The van der Waals surface area contributed by atoms with Gasteiger partial charge in [-0.05, 0) is 52.4 Å². The van der Waals surface area contributed by atoms with Crippen molar-refractivity contribution in [2.45, 2.75) is 49.1 Å². The van der Waals surface area contributed by atoms with E-state index in [0.29, 0.717) is 13.0 Å². The van der Waals surface area contributed by atoms with Crippen LogP contribution in [0.25, 0.3) is 10.8 Å². The number of rotatable bonds is 5. The molecule has 0 amide bonds. The lowest BCUT2D eigenvalue weighted by molar-refractivity contribution is -0.145. The van der Waals surface area contributed by atoms with Crippen LogP contribution in [-0.4, -0.2) is 31.7 Å². The van der Waals surface area contributed by atoms with E-state index in [1.54, 1.807) is 12.1 Å². The summed E-state index contributed by atoms with van der Waals surface area (Å²) in [5.41, 5.74) is -0.171. The summed E-state index contributed by atoms with van der Waals surface area (Å²) in [7, 11) is -4.09. The van der Waals surface area contributed by atoms with E-state index in [0.717, 1.165) is 21.9 Å². The molecule has 0 aliphatic carbocycles. The van der Waals surface area contributed by atoms with Gasteiger partial charge in [-0.3, -0.25) is 5.32 Å². The molecule has 0 aromatic heterocycles. The molecule has 0 spiro atoms. The number of benzene rings is 3. The molecule has 1 aliphatic rings. The zero-order valence-corrected chi connectivity index (χ0v) is 19.2. The monoisotopic (exact) mass is 452 g/mol. The minimum Gasteiger partial charge on any atom is -0.479 e. The number of aliphatic carboxylic acids is 1. The summed E-state index contributed by atoms with van der Waals surface area (Å²) in [6.07, 6.45) is 0.496. The summed E-state index contributed by atoms with van der Waals surface area (Å²) in [4.78, 5) is 12.5. The number of nitrogens with one attached hydrogen (secondary N) is 2. The number of fused-ring (bicyclic) bond motifs is 1. The van der Waals surface area contributed by atoms with E-state index in [-0.39, 0.29) is 10.3 Å². The van der Waals surface area contributed by atoms with E-state index in [1.165, 1.54) is 12.1 Å². The lowest BCUT2D eigenvalue weighted by atomic mass is 9.86. The molecule has 1 unspecified atom stereocenters. The van der Waals surface area contributed by atoms with E-state index in [4.69, 9.17) is 0 Å². The molecule has 6 nitrogen and oxygen atoms in total. The fourth-order valence-electron chi connectivity index (χ4n) is 4.38. The maximum atomic E-state index is 13.2. The lowest BCUT2D eigenvalue weighted by Crippen LogP contribution is -2.63. The molecular formula is C25H28N2O4S. The van der Waals surface area contributed by atoms with Crippen LogP contribution in [0.3, 0.4) is 0 Å². The van der Waals surface area contributed by atoms with E-state index in [1.807, 2.05) is 63.2 Å². The summed E-state index contributed by atoms with van der Waals surface area (Å²) >= 11 is 0. The molecular weight excluding hydrogens is 424 g/mol. The van der Waals surface area contributed by atoms with Crippen molar-refractivity contribution < 1.29 is 18.3 Å². The zero-order chi connectivity index (χ0) is 23.1. The van der Waals surface area contributed by atoms with Gasteiger partial charge in [-0.2, -0.15) is 4.72 Å². The van der Waals surface area contributed by atoms with Crippen molar-refractivity contribution in [3.05, 3.63) is 77.9 Å². The first-order chi connectivity index (χ1) is 15.0. The van der Waals surface area contributed by atoms with E-state index < -0.39 is 27.6 Å². The first kappa shape index (κ1) is 22.5. The molecule has 3 aromatic carbocycles. The molecule has 168 valence electrons. The van der Waals surface area contributed by atoms with Gasteiger partial charge in [0.2, 0.25) is 10.0 Å². The molecule has 3 N–H and O–H groups in total. The van der Waals surface area contributed by atoms with Crippen molar-refractivity contribution >= 4 is 26.8 Å². The van der Waals surface area contributed by atoms with Crippen LogP contribution in [0, 0.1) is 0 Å². The van der Waals surface area contributed by atoms with Gasteiger partial charge in [-0.25, -0.2) is 13.2 Å². The SMILES string of the molecule is CC(C)(C)c1ccc(S(=O)(=O)N[C@]2(C(=O)O)NCCC2c2ccc3ccccc3c2)cc1. The number of carboxylic acids is 1. The number of sulfonamides is 1. The van der Waals surface area contributed by atoms with Crippen LogP contribution >= 0.6 is 0 Å². The Balaban J connectivity index is 1.71. The van der Waals surface area contributed by atoms with Crippen molar-refractivity contribution in [1.29, 1.82) is 0 Å². The van der Waals surface area contributed by atoms with Crippen molar-refractivity contribution in [3.8, 4) is 0 Å². The molecule has 1 saturated heterocycles. The highest BCUT2D eigenvalue weighted by Gasteiger charge is 2.52. The van der Waals surface area contributed by atoms with Gasteiger partial charge in [-0.1, -0.05) is 75.4 Å². The van der Waals surface area contributed by atoms with E-state index >= 15 is 0 Å². The highest BCUT2D eigenvalue weighted by atomic mass is 32.2. The maximum absolute atomic E-state index is 13.2. The van der Waals surface area contributed by atoms with Gasteiger partial charge >= 0.3 is 5.97 Å². The summed E-state index contributed by atoms with van der Waals surface area (Å²) in [6, 6.07) is 20.2. The Kier molecular flexibility index (Phi) is 5.61. The van der Waals surface area contributed by atoms with Crippen LogP contribution in [0.5, 0.6) is 0 Å². The second-order valence-electron chi connectivity index (χ2n) is 9.37. The van der Waals surface area contributed by atoms with E-state index in [2.05, 4.69) is 10.0 Å². The van der Waals surface area contributed by atoms with Crippen LogP contribution in [0.2, 0.25) is 0 Å². The normalized spacial score (nSPS) is 21.7. The van der Waals surface area contributed by atoms with Crippen LogP contribution in [0.15, 0.2) is 71.6 Å². The first-order valence-corrected chi connectivity index (χ1v) is 12.1. The Morgan fingerprint density at radius 1 is 1.03 bits per heavy atom. The van der Waals surface area contributed by atoms with Crippen LogP contribution < -0.4 is 10.0 Å². The van der Waals surface area contributed by atoms with Gasteiger partial charge in [0.1, 0.15) is 0 Å². The molecule has 1 aliphatic heterocycles. The Hall–Kier alpha value is -2.74. The molecule has 7 heteroatoms. The Morgan fingerprint density at radius 3 is 2.31 bits per heavy atom. The minimum absolute atomic E-state index is 0.0390. The molecule has 0 bridgehead atoms. The topological polar surface area (TPSA) is 95.5 Å². The summed E-state index contributed by atoms with van der Waals surface area (Å²) in [6.45, 7) is 6.52. The molecule has 0 radical (unpaired) electrons. The van der Waals surface area contributed by atoms with Gasteiger partial charge in [0.05, 0.1) is 4.90 Å². The van der Waals surface area contributed by atoms with Gasteiger partial charge in [-0.15, -0.1) is 0 Å². The fraction of sp³-hybridized carbons (Fsp3) is 0.320. The highest BCUT2D eigenvalue weighted by molar-refractivity contribution is 7.89. The number of hydrogen-bond acceptors (Lipinski definition) is 4. The largest absolute Gasteiger partial charge is 0.479 e. The van der Waals surface area contributed by atoms with Crippen molar-refractivity contribution in [2.75, 3.05) is 6.54 Å². The van der Waals surface area contributed by atoms with Crippen LogP contribution in [0.1, 0.15) is 44.2 Å². The Morgan fingerprint density at radius 2 is 1.69 bits per heavy atom. The molecule has 0 saturated carbocycles. The zero-order valence-electron chi connectivity index (χ0n) is 18.4. The van der Waals surface area contributed by atoms with Crippen LogP contribution in [-0.2, 0) is 20.2 Å².